The van der Waals surface area contributed by atoms with Gasteiger partial charge in [-0.15, -0.1) is 0 Å². The van der Waals surface area contributed by atoms with E-state index >= 15 is 0 Å². The maximum Gasteiger partial charge on any atom is 0.256 e. The van der Waals surface area contributed by atoms with Gasteiger partial charge in [0.25, 0.3) is 5.91 Å². The van der Waals surface area contributed by atoms with Crippen molar-refractivity contribution in [3.05, 3.63) is 29.5 Å². The van der Waals surface area contributed by atoms with Gasteiger partial charge in [-0.05, 0) is 38.0 Å². The summed E-state index contributed by atoms with van der Waals surface area (Å²) in [4.78, 5) is 14.9. The highest BCUT2D eigenvalue weighted by atomic mass is 16.5. The Kier molecular flexibility index (Phi) is 3.96. The Balaban J connectivity index is 1.82. The van der Waals surface area contributed by atoms with Gasteiger partial charge < -0.3 is 24.0 Å². The van der Waals surface area contributed by atoms with E-state index in [4.69, 9.17) is 9.47 Å². The van der Waals surface area contributed by atoms with Gasteiger partial charge in [0.05, 0.1) is 38.0 Å². The molecule has 25 heavy (non-hydrogen) atoms. The normalized spacial score (nSPS) is 23.2. The van der Waals surface area contributed by atoms with Gasteiger partial charge in [-0.3, -0.25) is 4.79 Å². The van der Waals surface area contributed by atoms with Crippen LogP contribution in [-0.4, -0.2) is 60.0 Å². The summed E-state index contributed by atoms with van der Waals surface area (Å²) in [6, 6.07) is 6.07. The molecule has 2 aliphatic rings. The lowest BCUT2D eigenvalue weighted by Crippen LogP contribution is -2.44. The number of carbonyl (C=O) groups excluding carboxylic acids is 1. The van der Waals surface area contributed by atoms with Crippen LogP contribution in [-0.2, 0) is 4.74 Å². The first-order valence-corrected chi connectivity index (χ1v) is 8.74. The minimum atomic E-state index is -0.638. The quantitative estimate of drug-likeness (QED) is 0.923. The number of fused-ring (bicyclic) bond motifs is 1. The zero-order valence-corrected chi connectivity index (χ0v) is 14.9. The summed E-state index contributed by atoms with van der Waals surface area (Å²) in [6.07, 6.45) is 1.66. The van der Waals surface area contributed by atoms with E-state index in [2.05, 4.69) is 4.57 Å². The number of ether oxygens (including phenoxy) is 2. The Morgan fingerprint density at radius 1 is 1.36 bits per heavy atom. The van der Waals surface area contributed by atoms with Crippen molar-refractivity contribution in [3.63, 3.8) is 0 Å². The predicted octanol–water partition coefficient (Wildman–Crippen LogP) is 2.12. The van der Waals surface area contributed by atoms with Gasteiger partial charge in [0, 0.05) is 29.7 Å². The summed E-state index contributed by atoms with van der Waals surface area (Å²) in [6.45, 7) is 2.65. The Labute approximate surface area is 146 Å². The number of aliphatic hydroxyl groups is 1. The van der Waals surface area contributed by atoms with Crippen molar-refractivity contribution in [2.45, 2.75) is 38.0 Å². The van der Waals surface area contributed by atoms with E-state index in [0.29, 0.717) is 18.2 Å². The first-order valence-electron chi connectivity index (χ1n) is 8.74. The molecule has 1 saturated carbocycles. The fourth-order valence-corrected chi connectivity index (χ4v) is 3.85. The molecule has 1 aromatic carbocycles. The number of nitrogens with zero attached hydrogens (tertiary/aromatic N) is 2. The van der Waals surface area contributed by atoms with Crippen molar-refractivity contribution >= 4 is 16.8 Å². The van der Waals surface area contributed by atoms with Crippen LogP contribution in [0.3, 0.4) is 0 Å². The third-order valence-corrected chi connectivity index (χ3v) is 5.42. The molecule has 134 valence electrons. The second-order valence-electron chi connectivity index (χ2n) is 7.03. The number of aromatic nitrogens is 1. The number of carbonyl (C=O) groups is 1. The summed E-state index contributed by atoms with van der Waals surface area (Å²) >= 11 is 0. The van der Waals surface area contributed by atoms with Gasteiger partial charge in [-0.25, -0.2) is 0 Å². The number of amides is 1. The van der Waals surface area contributed by atoms with Gasteiger partial charge in [-0.2, -0.15) is 0 Å². The SMILES string of the molecule is COc1ccc2c(c1)c(C(=O)N(C)[C@@H]1COC[C@H]1O)c(C)n2C1CC1. The van der Waals surface area contributed by atoms with E-state index in [-0.39, 0.29) is 18.6 Å². The third kappa shape index (κ3) is 2.60. The second kappa shape index (κ2) is 6.04. The van der Waals surface area contributed by atoms with Crippen molar-refractivity contribution in [2.24, 2.45) is 0 Å². The van der Waals surface area contributed by atoms with Crippen LogP contribution in [0.25, 0.3) is 10.9 Å². The number of hydrogen-bond acceptors (Lipinski definition) is 4. The zero-order valence-electron chi connectivity index (χ0n) is 14.9. The van der Waals surface area contributed by atoms with Gasteiger partial charge in [0.15, 0.2) is 0 Å². The number of benzene rings is 1. The Bertz CT molecular complexity index is 824. The molecule has 1 amide bonds. The van der Waals surface area contributed by atoms with Crippen LogP contribution in [0.1, 0.15) is 34.9 Å². The van der Waals surface area contributed by atoms with Crippen LogP contribution < -0.4 is 4.74 Å². The molecule has 0 unspecified atom stereocenters. The van der Waals surface area contributed by atoms with Crippen molar-refractivity contribution in [2.75, 3.05) is 27.4 Å². The van der Waals surface area contributed by atoms with Crippen LogP contribution >= 0.6 is 0 Å². The van der Waals surface area contributed by atoms with E-state index in [1.54, 1.807) is 19.1 Å². The van der Waals surface area contributed by atoms with E-state index in [0.717, 1.165) is 35.2 Å². The van der Waals surface area contributed by atoms with Gasteiger partial charge in [-0.1, -0.05) is 0 Å². The highest BCUT2D eigenvalue weighted by Crippen LogP contribution is 2.42. The molecule has 6 nitrogen and oxygen atoms in total. The maximum atomic E-state index is 13.3. The fraction of sp³-hybridized carbons (Fsp3) is 0.526. The molecular weight excluding hydrogens is 320 g/mol. The summed E-state index contributed by atoms with van der Waals surface area (Å²) in [7, 11) is 3.37. The van der Waals surface area contributed by atoms with Crippen LogP contribution in [0.2, 0.25) is 0 Å². The van der Waals surface area contributed by atoms with Crippen molar-refractivity contribution < 1.29 is 19.4 Å². The van der Waals surface area contributed by atoms with E-state index in [1.165, 1.54) is 0 Å². The fourth-order valence-electron chi connectivity index (χ4n) is 3.85. The van der Waals surface area contributed by atoms with Crippen molar-refractivity contribution in [3.8, 4) is 5.75 Å². The highest BCUT2D eigenvalue weighted by molar-refractivity contribution is 6.09. The average Bonchev–Trinajstić information content (AvgIpc) is 3.28. The van der Waals surface area contributed by atoms with Crippen LogP contribution in [0.5, 0.6) is 5.75 Å². The van der Waals surface area contributed by atoms with E-state index in [9.17, 15) is 9.90 Å². The summed E-state index contributed by atoms with van der Waals surface area (Å²) in [5.41, 5.74) is 2.75. The van der Waals surface area contributed by atoms with Crippen LogP contribution in [0.4, 0.5) is 0 Å². The molecule has 6 heteroatoms. The first kappa shape index (κ1) is 16.4. The minimum Gasteiger partial charge on any atom is -0.497 e. The smallest absolute Gasteiger partial charge is 0.256 e. The molecule has 2 aromatic rings. The lowest BCUT2D eigenvalue weighted by Gasteiger charge is -2.26. The van der Waals surface area contributed by atoms with E-state index in [1.807, 2.05) is 25.1 Å². The number of rotatable bonds is 4. The van der Waals surface area contributed by atoms with Gasteiger partial charge in [0.1, 0.15) is 5.75 Å². The molecule has 1 N–H and O–H groups in total. The average molecular weight is 344 g/mol. The molecule has 1 aliphatic heterocycles. The summed E-state index contributed by atoms with van der Waals surface area (Å²) < 4.78 is 13.0. The van der Waals surface area contributed by atoms with Crippen LogP contribution in [0.15, 0.2) is 18.2 Å². The van der Waals surface area contributed by atoms with E-state index < -0.39 is 6.10 Å². The molecule has 0 spiro atoms. The predicted molar refractivity (Wildman–Crippen MR) is 94.2 cm³/mol. The Morgan fingerprint density at radius 3 is 2.72 bits per heavy atom. The number of likely N-dealkylation sites (N-methyl/N-ethyl adjacent to an activating group) is 1. The first-order chi connectivity index (χ1) is 12.0. The van der Waals surface area contributed by atoms with Gasteiger partial charge in [0.2, 0.25) is 0 Å². The topological polar surface area (TPSA) is 63.9 Å². The molecular formula is C19H24N2O4. The lowest BCUT2D eigenvalue weighted by atomic mass is 10.1. The van der Waals surface area contributed by atoms with Gasteiger partial charge >= 0.3 is 0 Å². The minimum absolute atomic E-state index is 0.0790. The highest BCUT2D eigenvalue weighted by Gasteiger charge is 2.36. The monoisotopic (exact) mass is 344 g/mol. The van der Waals surface area contributed by atoms with Crippen molar-refractivity contribution in [1.82, 2.24) is 9.47 Å². The molecule has 2 heterocycles. The summed E-state index contributed by atoms with van der Waals surface area (Å²) in [5.74, 6) is 0.658. The molecule has 4 rings (SSSR count). The number of methoxy groups -OCH3 is 1. The molecule has 1 aromatic heterocycles. The Hall–Kier alpha value is -2.05. The molecule has 1 aliphatic carbocycles. The second-order valence-corrected chi connectivity index (χ2v) is 7.03. The molecule has 2 atom stereocenters. The molecule has 1 saturated heterocycles. The maximum absolute atomic E-state index is 13.3. The molecule has 0 bridgehead atoms. The third-order valence-electron chi connectivity index (χ3n) is 5.42. The number of hydrogen-bond donors (Lipinski definition) is 1. The zero-order chi connectivity index (χ0) is 17.7. The molecule has 0 radical (unpaired) electrons. The van der Waals surface area contributed by atoms with Crippen molar-refractivity contribution in [1.29, 1.82) is 0 Å². The standard InChI is InChI=1S/C19H24N2O4/c1-11-18(19(23)20(2)16-9-25-10-17(16)22)14-8-13(24-3)6-7-15(14)21(11)12-4-5-12/h6-8,12,16-17,22H,4-5,9-10H2,1-3H3/t16-,17-/m1/s1. The summed E-state index contributed by atoms with van der Waals surface area (Å²) in [5, 5.41) is 11.0. The molecule has 2 fully saturated rings. The Morgan fingerprint density at radius 2 is 2.12 bits per heavy atom. The van der Waals surface area contributed by atoms with Crippen LogP contribution in [0, 0.1) is 6.92 Å². The lowest BCUT2D eigenvalue weighted by molar-refractivity contribution is 0.0582. The largest absolute Gasteiger partial charge is 0.497 e. The number of aliphatic hydroxyl groups excluding tert-OH is 1.